The van der Waals surface area contributed by atoms with Crippen LogP contribution in [0.1, 0.15) is 31.2 Å². The maximum absolute atomic E-state index is 13.8. The Kier molecular flexibility index (Phi) is 5.63. The minimum absolute atomic E-state index is 0.132. The molecule has 0 atom stereocenters. The molecule has 0 saturated heterocycles. The highest BCUT2D eigenvalue weighted by molar-refractivity contribution is 7.92. The number of halogens is 2. The van der Waals surface area contributed by atoms with Crippen molar-refractivity contribution in [3.05, 3.63) is 58.9 Å². The van der Waals surface area contributed by atoms with Crippen molar-refractivity contribution in [2.45, 2.75) is 42.2 Å². The summed E-state index contributed by atoms with van der Waals surface area (Å²) in [6.07, 6.45) is 3.08. The van der Waals surface area contributed by atoms with E-state index in [1.54, 1.807) is 12.1 Å². The van der Waals surface area contributed by atoms with Gasteiger partial charge >= 0.3 is 0 Å². The fraction of sp³-hybridized carbons (Fsp3) is 0.316. The molecule has 0 aliphatic heterocycles. The van der Waals surface area contributed by atoms with Gasteiger partial charge in [0.15, 0.2) is 9.84 Å². The van der Waals surface area contributed by atoms with Gasteiger partial charge in [-0.15, -0.1) is 0 Å². The summed E-state index contributed by atoms with van der Waals surface area (Å²) in [5, 5.41) is 2.51. The smallest absolute Gasteiger partial charge is 0.228 e. The van der Waals surface area contributed by atoms with Gasteiger partial charge in [-0.3, -0.25) is 4.79 Å². The van der Waals surface area contributed by atoms with E-state index in [0.29, 0.717) is 18.5 Å². The number of carbonyl (C=O) groups excluding carboxylic acids is 1. The summed E-state index contributed by atoms with van der Waals surface area (Å²) in [4.78, 5) is 12.4. The summed E-state index contributed by atoms with van der Waals surface area (Å²) in [6, 6.07) is 10.3. The van der Waals surface area contributed by atoms with Crippen molar-refractivity contribution in [3.63, 3.8) is 0 Å². The maximum atomic E-state index is 13.8. The van der Waals surface area contributed by atoms with Gasteiger partial charge in [-0.2, -0.15) is 0 Å². The van der Waals surface area contributed by atoms with E-state index >= 15 is 0 Å². The van der Waals surface area contributed by atoms with E-state index in [4.69, 9.17) is 11.6 Å². The van der Waals surface area contributed by atoms with Gasteiger partial charge in [0.1, 0.15) is 5.82 Å². The van der Waals surface area contributed by atoms with Crippen molar-refractivity contribution in [2.75, 3.05) is 5.32 Å². The highest BCUT2D eigenvalue weighted by Crippen LogP contribution is 2.30. The van der Waals surface area contributed by atoms with Crippen molar-refractivity contribution in [2.24, 2.45) is 0 Å². The summed E-state index contributed by atoms with van der Waals surface area (Å²) < 4.78 is 38.8. The molecule has 0 aromatic heterocycles. The van der Waals surface area contributed by atoms with Crippen LogP contribution in [0.25, 0.3) is 0 Å². The Hall–Kier alpha value is -1.92. The molecule has 0 heterocycles. The molecule has 138 valence electrons. The largest absolute Gasteiger partial charge is 0.326 e. The minimum Gasteiger partial charge on any atom is -0.326 e. The van der Waals surface area contributed by atoms with Crippen molar-refractivity contribution in [3.8, 4) is 0 Å². The molecule has 1 fully saturated rings. The quantitative estimate of drug-likeness (QED) is 0.817. The zero-order valence-corrected chi connectivity index (χ0v) is 15.6. The molecule has 1 aliphatic rings. The van der Waals surface area contributed by atoms with Crippen LogP contribution >= 0.6 is 11.6 Å². The molecule has 0 unspecified atom stereocenters. The number of rotatable bonds is 5. The third-order valence-corrected chi connectivity index (χ3v) is 7.24. The Balaban J connectivity index is 1.68. The molecule has 1 N–H and O–H groups in total. The van der Waals surface area contributed by atoms with E-state index in [1.807, 2.05) is 0 Å². The second-order valence-electron chi connectivity index (χ2n) is 6.40. The molecule has 3 rings (SSSR count). The lowest BCUT2D eigenvalue weighted by molar-refractivity contribution is -0.115. The molecule has 1 amide bonds. The molecule has 4 nitrogen and oxygen atoms in total. The molecule has 1 aliphatic carbocycles. The predicted molar refractivity (Wildman–Crippen MR) is 99.6 cm³/mol. The van der Waals surface area contributed by atoms with Gasteiger partial charge < -0.3 is 5.32 Å². The standard InChI is InChI=1S/C19H19ClFNO3S/c20-17-6-3-7-18(21)16(17)12-19(23)22-13-8-10-15(11-9-13)26(24,25)14-4-1-2-5-14/h3,6-11,14H,1-2,4-5,12H2,(H,22,23). The van der Waals surface area contributed by atoms with Crippen LogP contribution in [0, 0.1) is 5.82 Å². The predicted octanol–water partition coefficient (Wildman–Crippen LogP) is 4.38. The number of amides is 1. The van der Waals surface area contributed by atoms with Crippen molar-refractivity contribution in [1.29, 1.82) is 0 Å². The van der Waals surface area contributed by atoms with Crippen molar-refractivity contribution >= 4 is 33.0 Å². The van der Waals surface area contributed by atoms with Crippen LogP contribution < -0.4 is 5.32 Å². The monoisotopic (exact) mass is 395 g/mol. The molecular formula is C19H19ClFNO3S. The van der Waals surface area contributed by atoms with Gasteiger partial charge in [-0.25, -0.2) is 12.8 Å². The molecule has 1 saturated carbocycles. The lowest BCUT2D eigenvalue weighted by Crippen LogP contribution is -2.18. The summed E-state index contributed by atoms with van der Waals surface area (Å²) >= 11 is 5.92. The fourth-order valence-electron chi connectivity index (χ4n) is 3.19. The highest BCUT2D eigenvalue weighted by Gasteiger charge is 2.30. The molecular weight excluding hydrogens is 377 g/mol. The Bertz CT molecular complexity index is 887. The number of sulfone groups is 1. The first-order valence-corrected chi connectivity index (χ1v) is 10.4. The summed E-state index contributed by atoms with van der Waals surface area (Å²) in [5.41, 5.74) is 0.583. The van der Waals surface area contributed by atoms with Crippen LogP contribution in [0.5, 0.6) is 0 Å². The van der Waals surface area contributed by atoms with E-state index in [1.165, 1.54) is 30.3 Å². The third-order valence-electron chi connectivity index (χ3n) is 4.61. The van der Waals surface area contributed by atoms with E-state index in [2.05, 4.69) is 5.32 Å². The summed E-state index contributed by atoms with van der Waals surface area (Å²) in [5.74, 6) is -0.964. The third kappa shape index (κ3) is 4.07. The van der Waals surface area contributed by atoms with Crippen LogP contribution in [0.2, 0.25) is 5.02 Å². The molecule has 2 aromatic rings. The van der Waals surface area contributed by atoms with Gasteiger partial charge in [0.05, 0.1) is 16.6 Å². The molecule has 7 heteroatoms. The normalized spacial score (nSPS) is 15.2. The Morgan fingerprint density at radius 1 is 1.12 bits per heavy atom. The van der Waals surface area contributed by atoms with E-state index in [0.717, 1.165) is 12.8 Å². The number of carbonyl (C=O) groups is 1. The molecule has 2 aromatic carbocycles. The maximum Gasteiger partial charge on any atom is 0.228 e. The van der Waals surface area contributed by atoms with E-state index in [-0.39, 0.29) is 27.2 Å². The molecule has 0 radical (unpaired) electrons. The van der Waals surface area contributed by atoms with Gasteiger partial charge in [0, 0.05) is 16.3 Å². The van der Waals surface area contributed by atoms with Crippen molar-refractivity contribution in [1.82, 2.24) is 0 Å². The van der Waals surface area contributed by atoms with E-state index in [9.17, 15) is 17.6 Å². The fourth-order valence-corrected chi connectivity index (χ4v) is 5.27. The zero-order valence-electron chi connectivity index (χ0n) is 14.0. The average Bonchev–Trinajstić information content (AvgIpc) is 3.14. The molecule has 0 bridgehead atoms. The molecule has 26 heavy (non-hydrogen) atoms. The highest BCUT2D eigenvalue weighted by atomic mass is 35.5. The van der Waals surface area contributed by atoms with Crippen LogP contribution in [-0.2, 0) is 21.1 Å². The summed E-state index contributed by atoms with van der Waals surface area (Å²) in [7, 11) is -3.32. The van der Waals surface area contributed by atoms with Crippen LogP contribution in [-0.4, -0.2) is 19.6 Å². The first kappa shape index (κ1) is 18.9. The minimum atomic E-state index is -3.32. The molecule has 0 spiro atoms. The van der Waals surface area contributed by atoms with Crippen LogP contribution in [0.4, 0.5) is 10.1 Å². The second-order valence-corrected chi connectivity index (χ2v) is 9.04. The Labute approximate surface area is 157 Å². The first-order valence-electron chi connectivity index (χ1n) is 8.44. The number of nitrogens with one attached hydrogen (secondary N) is 1. The number of anilines is 1. The zero-order chi connectivity index (χ0) is 18.7. The number of benzene rings is 2. The lowest BCUT2D eigenvalue weighted by atomic mass is 10.1. The number of hydrogen-bond acceptors (Lipinski definition) is 3. The number of hydrogen-bond donors (Lipinski definition) is 1. The van der Waals surface area contributed by atoms with E-state index < -0.39 is 21.6 Å². The SMILES string of the molecule is O=C(Cc1c(F)cccc1Cl)Nc1ccc(S(=O)(=O)C2CCCC2)cc1. The van der Waals surface area contributed by atoms with Crippen LogP contribution in [0.3, 0.4) is 0 Å². The van der Waals surface area contributed by atoms with Gasteiger partial charge in [0.2, 0.25) is 5.91 Å². The van der Waals surface area contributed by atoms with Gasteiger partial charge in [-0.05, 0) is 49.2 Å². The Morgan fingerprint density at radius 2 is 1.77 bits per heavy atom. The van der Waals surface area contributed by atoms with Crippen LogP contribution in [0.15, 0.2) is 47.4 Å². The Morgan fingerprint density at radius 3 is 2.38 bits per heavy atom. The summed E-state index contributed by atoms with van der Waals surface area (Å²) in [6.45, 7) is 0. The lowest BCUT2D eigenvalue weighted by Gasteiger charge is -2.12. The average molecular weight is 396 g/mol. The van der Waals surface area contributed by atoms with Crippen molar-refractivity contribution < 1.29 is 17.6 Å². The topological polar surface area (TPSA) is 63.2 Å². The second kappa shape index (κ2) is 7.76. The first-order chi connectivity index (χ1) is 12.4. The van der Waals surface area contributed by atoms with Gasteiger partial charge in [-0.1, -0.05) is 30.5 Å². The van der Waals surface area contributed by atoms with Gasteiger partial charge in [0.25, 0.3) is 0 Å².